The number of hydrogen-bond acceptors (Lipinski definition) is 3. The molecule has 1 N–H and O–H groups in total. The maximum absolute atomic E-state index is 9.26. The van der Waals surface area contributed by atoms with Gasteiger partial charge in [0, 0.05) is 19.1 Å². The van der Waals surface area contributed by atoms with E-state index in [1.165, 1.54) is 0 Å². The van der Waals surface area contributed by atoms with Crippen molar-refractivity contribution in [1.82, 2.24) is 4.90 Å². The molecule has 2 atom stereocenters. The highest BCUT2D eigenvalue weighted by atomic mass is 16.5. The Bertz CT molecular complexity index is 115. The molecule has 0 spiro atoms. The summed E-state index contributed by atoms with van der Waals surface area (Å²) in [6.45, 7) is 3.51. The van der Waals surface area contributed by atoms with Gasteiger partial charge >= 0.3 is 0 Å². The van der Waals surface area contributed by atoms with Gasteiger partial charge < -0.3 is 9.84 Å². The van der Waals surface area contributed by atoms with Gasteiger partial charge in [0.25, 0.3) is 0 Å². The zero-order valence-electron chi connectivity index (χ0n) is 5.99. The van der Waals surface area contributed by atoms with E-state index in [0.717, 1.165) is 32.7 Å². The van der Waals surface area contributed by atoms with Gasteiger partial charge in [-0.15, -0.1) is 0 Å². The monoisotopic (exact) mass is 143 g/mol. The first-order valence-corrected chi connectivity index (χ1v) is 3.86. The highest BCUT2D eigenvalue weighted by Crippen LogP contribution is 2.19. The highest BCUT2D eigenvalue weighted by molar-refractivity contribution is 4.86. The number of aliphatic hydroxyl groups is 1. The van der Waals surface area contributed by atoms with Gasteiger partial charge in [0.15, 0.2) is 0 Å². The van der Waals surface area contributed by atoms with E-state index < -0.39 is 0 Å². The van der Waals surface area contributed by atoms with Crippen molar-refractivity contribution in [2.75, 3.05) is 26.3 Å². The normalized spacial score (nSPS) is 41.7. The Morgan fingerprint density at radius 1 is 1.50 bits per heavy atom. The molecule has 0 aromatic carbocycles. The molecule has 3 nitrogen and oxygen atoms in total. The molecule has 0 aromatic heterocycles. The van der Waals surface area contributed by atoms with Crippen LogP contribution in [0.1, 0.15) is 6.42 Å². The molecule has 0 radical (unpaired) electrons. The predicted octanol–water partition coefficient (Wildman–Crippen LogP) is -0.548. The van der Waals surface area contributed by atoms with E-state index in [4.69, 9.17) is 4.74 Å². The molecule has 2 rings (SSSR count). The maximum Gasteiger partial charge on any atom is 0.0683 e. The van der Waals surface area contributed by atoms with Crippen LogP contribution in [0.15, 0.2) is 0 Å². The second-order valence-electron chi connectivity index (χ2n) is 3.11. The molecule has 2 aliphatic heterocycles. The minimum atomic E-state index is -0.105. The van der Waals surface area contributed by atoms with Gasteiger partial charge in [-0.25, -0.2) is 0 Å². The second kappa shape index (κ2) is 2.49. The molecule has 0 aromatic rings. The summed E-state index contributed by atoms with van der Waals surface area (Å²) in [5.41, 5.74) is 0. The van der Waals surface area contributed by atoms with Gasteiger partial charge in [-0.2, -0.15) is 0 Å². The molecule has 2 heterocycles. The zero-order valence-corrected chi connectivity index (χ0v) is 5.99. The molecular formula is C7H13NO2. The van der Waals surface area contributed by atoms with E-state index in [1.807, 2.05) is 0 Å². The lowest BCUT2D eigenvalue weighted by molar-refractivity contribution is 0.0126. The van der Waals surface area contributed by atoms with Crippen molar-refractivity contribution in [2.45, 2.75) is 18.6 Å². The molecule has 2 unspecified atom stereocenters. The van der Waals surface area contributed by atoms with Crippen LogP contribution >= 0.6 is 0 Å². The van der Waals surface area contributed by atoms with Crippen molar-refractivity contribution in [2.24, 2.45) is 0 Å². The lowest BCUT2D eigenvalue weighted by atomic mass is 10.2. The van der Waals surface area contributed by atoms with Crippen LogP contribution in [0.2, 0.25) is 0 Å². The third-order valence-electron chi connectivity index (χ3n) is 2.34. The van der Waals surface area contributed by atoms with E-state index in [9.17, 15) is 5.11 Å². The third kappa shape index (κ3) is 1.05. The summed E-state index contributed by atoms with van der Waals surface area (Å²) in [5, 5.41) is 9.26. The smallest absolute Gasteiger partial charge is 0.0683 e. The van der Waals surface area contributed by atoms with Crippen LogP contribution < -0.4 is 0 Å². The number of morpholine rings is 1. The molecule has 0 amide bonds. The van der Waals surface area contributed by atoms with E-state index in [1.54, 1.807) is 0 Å². The first-order valence-electron chi connectivity index (χ1n) is 3.86. The molecule has 3 heteroatoms. The van der Waals surface area contributed by atoms with Crippen LogP contribution in [-0.2, 0) is 4.74 Å². The number of fused-ring (bicyclic) bond motifs is 1. The Kier molecular flexibility index (Phi) is 1.64. The number of nitrogens with zero attached hydrogens (tertiary/aromatic N) is 1. The van der Waals surface area contributed by atoms with Gasteiger partial charge in [0.2, 0.25) is 0 Å². The highest BCUT2D eigenvalue weighted by Gasteiger charge is 2.32. The summed E-state index contributed by atoms with van der Waals surface area (Å²) in [4.78, 5) is 2.31. The van der Waals surface area contributed by atoms with Crippen LogP contribution in [-0.4, -0.2) is 48.5 Å². The van der Waals surface area contributed by atoms with Crippen LogP contribution in [0, 0.1) is 0 Å². The molecular weight excluding hydrogens is 130 g/mol. The fraction of sp³-hybridized carbons (Fsp3) is 1.00. The molecule has 0 aliphatic carbocycles. The van der Waals surface area contributed by atoms with E-state index in [2.05, 4.69) is 4.90 Å². The number of hydrogen-bond donors (Lipinski definition) is 1. The molecule has 0 saturated carbocycles. The fourth-order valence-electron chi connectivity index (χ4n) is 1.81. The third-order valence-corrected chi connectivity index (χ3v) is 2.34. The standard InChI is InChI=1S/C7H13NO2/c9-7-3-6-5-10-2-1-8(6)4-7/h6-7,9H,1-5H2. The summed E-state index contributed by atoms with van der Waals surface area (Å²) in [6.07, 6.45) is 0.798. The summed E-state index contributed by atoms with van der Waals surface area (Å²) in [6, 6.07) is 0.503. The Hall–Kier alpha value is -0.120. The minimum absolute atomic E-state index is 0.105. The van der Waals surface area contributed by atoms with Crippen LogP contribution in [0.3, 0.4) is 0 Å². The molecule has 2 saturated heterocycles. The van der Waals surface area contributed by atoms with Gasteiger partial charge in [0.1, 0.15) is 0 Å². The van der Waals surface area contributed by atoms with Crippen molar-refractivity contribution in [3.05, 3.63) is 0 Å². The largest absolute Gasteiger partial charge is 0.392 e. The molecule has 58 valence electrons. The van der Waals surface area contributed by atoms with Crippen LogP contribution in [0.5, 0.6) is 0 Å². The van der Waals surface area contributed by atoms with Crippen LogP contribution in [0.25, 0.3) is 0 Å². The molecule has 10 heavy (non-hydrogen) atoms. The van der Waals surface area contributed by atoms with Crippen LogP contribution in [0.4, 0.5) is 0 Å². The first kappa shape index (κ1) is 6.58. The predicted molar refractivity (Wildman–Crippen MR) is 36.8 cm³/mol. The number of rotatable bonds is 0. The zero-order chi connectivity index (χ0) is 6.97. The van der Waals surface area contributed by atoms with E-state index in [0.29, 0.717) is 6.04 Å². The molecule has 2 aliphatic rings. The molecule has 0 bridgehead atoms. The average Bonchev–Trinajstić information content (AvgIpc) is 2.27. The van der Waals surface area contributed by atoms with Crippen molar-refractivity contribution in [3.8, 4) is 0 Å². The van der Waals surface area contributed by atoms with Gasteiger partial charge in [0.05, 0.1) is 19.3 Å². The van der Waals surface area contributed by atoms with E-state index in [-0.39, 0.29) is 6.10 Å². The van der Waals surface area contributed by atoms with Gasteiger partial charge in [-0.3, -0.25) is 4.90 Å². The maximum atomic E-state index is 9.26. The van der Waals surface area contributed by atoms with Gasteiger partial charge in [-0.1, -0.05) is 0 Å². The summed E-state index contributed by atoms with van der Waals surface area (Å²) in [5.74, 6) is 0. The Morgan fingerprint density at radius 3 is 3.20 bits per heavy atom. The fourth-order valence-corrected chi connectivity index (χ4v) is 1.81. The van der Waals surface area contributed by atoms with Crippen molar-refractivity contribution in [1.29, 1.82) is 0 Å². The lowest BCUT2D eigenvalue weighted by Crippen LogP contribution is -2.40. The average molecular weight is 143 g/mol. The summed E-state index contributed by atoms with van der Waals surface area (Å²) in [7, 11) is 0. The lowest BCUT2D eigenvalue weighted by Gasteiger charge is -2.28. The van der Waals surface area contributed by atoms with E-state index >= 15 is 0 Å². The second-order valence-corrected chi connectivity index (χ2v) is 3.11. The number of ether oxygens (including phenoxy) is 1. The number of aliphatic hydroxyl groups excluding tert-OH is 1. The first-order chi connectivity index (χ1) is 4.86. The van der Waals surface area contributed by atoms with Gasteiger partial charge in [-0.05, 0) is 6.42 Å². The SMILES string of the molecule is OC1CC2COCCN2C1. The summed E-state index contributed by atoms with van der Waals surface area (Å²) < 4.78 is 5.28. The molecule has 2 fully saturated rings. The minimum Gasteiger partial charge on any atom is -0.392 e. The topological polar surface area (TPSA) is 32.7 Å². The quantitative estimate of drug-likeness (QED) is 0.494. The van der Waals surface area contributed by atoms with Crippen molar-refractivity contribution in [3.63, 3.8) is 0 Å². The Labute approximate surface area is 60.6 Å². The Balaban J connectivity index is 1.97. The Morgan fingerprint density at radius 2 is 2.40 bits per heavy atom. The van der Waals surface area contributed by atoms with Crippen molar-refractivity contribution < 1.29 is 9.84 Å². The summed E-state index contributed by atoms with van der Waals surface area (Å²) >= 11 is 0. The van der Waals surface area contributed by atoms with Crippen molar-refractivity contribution >= 4 is 0 Å².